The number of aliphatic hydroxyl groups is 1. The zero-order chi connectivity index (χ0) is 14.2. The number of hydrogen-bond acceptors (Lipinski definition) is 5. The highest BCUT2D eigenvalue weighted by Crippen LogP contribution is 2.46. The van der Waals surface area contributed by atoms with Gasteiger partial charge in [0.05, 0.1) is 6.61 Å². The normalized spacial score (nSPS) is 21.9. The number of nitrogens with one attached hydrogen (secondary N) is 1. The lowest BCUT2D eigenvalue weighted by atomic mass is 10.0. The minimum atomic E-state index is -0.198. The molecule has 0 spiro atoms. The fraction of sp³-hybridized carbons (Fsp3) is 0.857. The van der Waals surface area contributed by atoms with Crippen LogP contribution in [0.4, 0.5) is 0 Å². The molecule has 2 fully saturated rings. The lowest BCUT2D eigenvalue weighted by molar-refractivity contribution is 0.179. The Bertz CT molecular complexity index is 464. The zero-order valence-corrected chi connectivity index (χ0v) is 13.1. The summed E-state index contributed by atoms with van der Waals surface area (Å²) in [5.41, 5.74) is -0.198. The van der Waals surface area contributed by atoms with Gasteiger partial charge in [-0.25, -0.2) is 0 Å². The van der Waals surface area contributed by atoms with Crippen molar-refractivity contribution in [3.63, 3.8) is 0 Å². The summed E-state index contributed by atoms with van der Waals surface area (Å²) in [6, 6.07) is 0.650. The number of thioether (sulfide) groups is 1. The van der Waals surface area contributed by atoms with Crippen LogP contribution in [0.2, 0.25) is 0 Å². The van der Waals surface area contributed by atoms with Crippen molar-refractivity contribution in [3.05, 3.63) is 5.82 Å². The van der Waals surface area contributed by atoms with Gasteiger partial charge >= 0.3 is 0 Å². The Morgan fingerprint density at radius 1 is 1.35 bits per heavy atom. The van der Waals surface area contributed by atoms with Crippen LogP contribution in [0.1, 0.15) is 56.8 Å². The molecule has 1 atom stereocenters. The van der Waals surface area contributed by atoms with Crippen molar-refractivity contribution in [2.24, 2.45) is 0 Å². The summed E-state index contributed by atoms with van der Waals surface area (Å²) < 4.78 is 2.39. The first-order valence-corrected chi connectivity index (χ1v) is 8.53. The molecule has 3 rings (SSSR count). The van der Waals surface area contributed by atoms with Gasteiger partial charge in [0.1, 0.15) is 5.82 Å². The van der Waals surface area contributed by atoms with Gasteiger partial charge in [-0.05, 0) is 46.1 Å². The monoisotopic (exact) mass is 296 g/mol. The summed E-state index contributed by atoms with van der Waals surface area (Å²) in [7, 11) is 1.90. The molecule has 1 aromatic heterocycles. The van der Waals surface area contributed by atoms with Gasteiger partial charge in [-0.3, -0.25) is 0 Å². The highest BCUT2D eigenvalue weighted by atomic mass is 32.2. The van der Waals surface area contributed by atoms with E-state index in [1.165, 1.54) is 31.5 Å². The summed E-state index contributed by atoms with van der Waals surface area (Å²) in [6.45, 7) is 2.21. The van der Waals surface area contributed by atoms with Gasteiger partial charge in [-0.2, -0.15) is 0 Å². The van der Waals surface area contributed by atoms with E-state index in [9.17, 15) is 5.11 Å². The molecular formula is C14H24N4OS. The molecule has 0 aromatic carbocycles. The predicted molar refractivity (Wildman–Crippen MR) is 80.2 cm³/mol. The summed E-state index contributed by atoms with van der Waals surface area (Å²) in [4.78, 5) is 0. The molecule has 0 bridgehead atoms. The molecule has 112 valence electrons. The van der Waals surface area contributed by atoms with Crippen molar-refractivity contribution in [1.82, 2.24) is 20.1 Å². The van der Waals surface area contributed by atoms with Crippen molar-refractivity contribution in [2.45, 2.75) is 61.7 Å². The summed E-state index contributed by atoms with van der Waals surface area (Å²) in [6.07, 6.45) is 6.02. The zero-order valence-electron chi connectivity index (χ0n) is 12.3. The van der Waals surface area contributed by atoms with Crippen LogP contribution in [-0.2, 0) is 0 Å². The molecule has 2 saturated carbocycles. The molecule has 20 heavy (non-hydrogen) atoms. The van der Waals surface area contributed by atoms with E-state index < -0.39 is 0 Å². The van der Waals surface area contributed by atoms with Crippen LogP contribution in [0.25, 0.3) is 0 Å². The lowest BCUT2D eigenvalue weighted by Crippen LogP contribution is -2.43. The quantitative estimate of drug-likeness (QED) is 0.718. The average Bonchev–Trinajstić information content (AvgIpc) is 3.38. The van der Waals surface area contributed by atoms with Crippen molar-refractivity contribution < 1.29 is 5.11 Å². The van der Waals surface area contributed by atoms with Crippen LogP contribution < -0.4 is 5.32 Å². The third-order valence-corrected chi connectivity index (χ3v) is 5.33. The van der Waals surface area contributed by atoms with E-state index in [4.69, 9.17) is 0 Å². The maximum Gasteiger partial charge on any atom is 0.191 e. The Balaban J connectivity index is 1.63. The number of rotatable bonds is 8. The smallest absolute Gasteiger partial charge is 0.191 e. The van der Waals surface area contributed by atoms with E-state index in [1.54, 1.807) is 11.8 Å². The summed E-state index contributed by atoms with van der Waals surface area (Å²) in [5, 5.41) is 22.5. The van der Waals surface area contributed by atoms with Crippen LogP contribution >= 0.6 is 11.8 Å². The topological polar surface area (TPSA) is 63.0 Å². The van der Waals surface area contributed by atoms with E-state index in [-0.39, 0.29) is 12.1 Å². The van der Waals surface area contributed by atoms with E-state index in [0.29, 0.717) is 12.0 Å². The Morgan fingerprint density at radius 3 is 2.65 bits per heavy atom. The number of likely N-dealkylation sites (N-methyl/N-ethyl adjacent to an activating group) is 1. The third kappa shape index (κ3) is 3.02. The number of aromatic nitrogens is 3. The molecule has 2 N–H and O–H groups in total. The highest BCUT2D eigenvalue weighted by molar-refractivity contribution is 7.99. The van der Waals surface area contributed by atoms with Gasteiger partial charge in [0.25, 0.3) is 0 Å². The Hall–Kier alpha value is -0.590. The van der Waals surface area contributed by atoms with Gasteiger partial charge in [0, 0.05) is 23.3 Å². The maximum atomic E-state index is 9.42. The Kier molecular flexibility index (Phi) is 4.06. The second kappa shape index (κ2) is 5.66. The molecule has 2 aliphatic rings. The van der Waals surface area contributed by atoms with Crippen LogP contribution in [0, 0.1) is 0 Å². The first-order chi connectivity index (χ1) is 9.67. The molecular weight excluding hydrogens is 272 g/mol. The molecule has 1 aromatic rings. The van der Waals surface area contributed by atoms with Gasteiger partial charge in [-0.1, -0.05) is 11.8 Å². The first-order valence-electron chi connectivity index (χ1n) is 7.54. The molecule has 1 heterocycles. The van der Waals surface area contributed by atoms with E-state index >= 15 is 0 Å². The molecule has 1 unspecified atom stereocenters. The van der Waals surface area contributed by atoms with Crippen molar-refractivity contribution in [3.8, 4) is 0 Å². The van der Waals surface area contributed by atoms with Crippen LogP contribution in [0.15, 0.2) is 5.16 Å². The molecule has 0 amide bonds. The fourth-order valence-corrected chi connectivity index (χ4v) is 3.55. The van der Waals surface area contributed by atoms with Crippen LogP contribution in [0.5, 0.6) is 0 Å². The largest absolute Gasteiger partial charge is 0.394 e. The third-order valence-electron chi connectivity index (χ3n) is 4.38. The second-order valence-corrected chi connectivity index (χ2v) is 7.35. The van der Waals surface area contributed by atoms with Gasteiger partial charge in [0.15, 0.2) is 5.16 Å². The molecule has 0 aliphatic heterocycles. The van der Waals surface area contributed by atoms with Crippen molar-refractivity contribution in [1.29, 1.82) is 0 Å². The van der Waals surface area contributed by atoms with E-state index in [2.05, 4.69) is 27.0 Å². The van der Waals surface area contributed by atoms with E-state index in [0.717, 1.165) is 17.3 Å². The van der Waals surface area contributed by atoms with Gasteiger partial charge in [0.2, 0.25) is 0 Å². The summed E-state index contributed by atoms with van der Waals surface area (Å²) in [5.74, 6) is 2.83. The highest BCUT2D eigenvalue weighted by Gasteiger charge is 2.36. The standard InChI is InChI=1S/C14H24N4OS/c1-14(9-19,15-2)7-8-20-13-17-16-12(10-3-4-10)18(13)11-5-6-11/h10-11,15,19H,3-9H2,1-2H3. The van der Waals surface area contributed by atoms with Gasteiger partial charge in [-0.15, -0.1) is 10.2 Å². The van der Waals surface area contributed by atoms with Crippen molar-refractivity contribution in [2.75, 3.05) is 19.4 Å². The minimum Gasteiger partial charge on any atom is -0.394 e. The molecule has 0 saturated heterocycles. The molecule has 2 aliphatic carbocycles. The minimum absolute atomic E-state index is 0.159. The number of nitrogens with zero attached hydrogens (tertiary/aromatic N) is 3. The first kappa shape index (κ1) is 14.4. The maximum absolute atomic E-state index is 9.42. The molecule has 5 nitrogen and oxygen atoms in total. The molecule has 6 heteroatoms. The second-order valence-electron chi connectivity index (χ2n) is 6.28. The Morgan fingerprint density at radius 2 is 2.10 bits per heavy atom. The lowest BCUT2D eigenvalue weighted by Gasteiger charge is -2.26. The fourth-order valence-electron chi connectivity index (χ4n) is 2.33. The van der Waals surface area contributed by atoms with Gasteiger partial charge < -0.3 is 15.0 Å². The number of hydrogen-bond donors (Lipinski definition) is 2. The SMILES string of the molecule is CNC(C)(CO)CCSc1nnc(C2CC2)n1C1CC1. The van der Waals surface area contributed by atoms with E-state index in [1.807, 2.05) is 7.05 Å². The molecule has 0 radical (unpaired) electrons. The predicted octanol–water partition coefficient (Wildman–Crippen LogP) is 1.94. The summed E-state index contributed by atoms with van der Waals surface area (Å²) >= 11 is 1.78. The Labute approximate surface area is 124 Å². The van der Waals surface area contributed by atoms with Crippen molar-refractivity contribution >= 4 is 11.8 Å². The number of aliphatic hydroxyl groups excluding tert-OH is 1. The van der Waals surface area contributed by atoms with Crippen LogP contribution in [-0.4, -0.2) is 44.8 Å². The average molecular weight is 296 g/mol. The van der Waals surface area contributed by atoms with Crippen LogP contribution in [0.3, 0.4) is 0 Å².